The predicted molar refractivity (Wildman–Crippen MR) is 86.0 cm³/mol. The van der Waals surface area contributed by atoms with Crippen molar-refractivity contribution in [3.8, 4) is 0 Å². The largest absolute Gasteiger partial charge is 0.384 e. The molecule has 21 heavy (non-hydrogen) atoms. The van der Waals surface area contributed by atoms with Crippen LogP contribution in [0.25, 0.3) is 11.0 Å². The minimum absolute atomic E-state index is 0.0210. The van der Waals surface area contributed by atoms with Gasteiger partial charge in [0.2, 0.25) is 0 Å². The number of benzene rings is 2. The van der Waals surface area contributed by atoms with Crippen LogP contribution in [0.1, 0.15) is 17.0 Å². The second kappa shape index (κ2) is 5.22. The Balaban J connectivity index is 2.03. The molecule has 5 heteroatoms. The first-order valence-electron chi connectivity index (χ1n) is 6.61. The fourth-order valence-corrected chi connectivity index (χ4v) is 2.65. The standard InChI is InChI=1S/C16H15ClN4/c1-10-20-14-4-2-3-5-15(14)21(10)9-12-7-6-11(16(18)19)8-13(12)17/h2-8H,9H2,1H3,(H3,18,19). The third kappa shape index (κ3) is 2.50. The lowest BCUT2D eigenvalue weighted by Crippen LogP contribution is -2.11. The number of amidine groups is 1. The number of nitrogens with zero attached hydrogens (tertiary/aromatic N) is 2. The Morgan fingerprint density at radius 3 is 2.76 bits per heavy atom. The molecule has 0 amide bonds. The summed E-state index contributed by atoms with van der Waals surface area (Å²) in [6.45, 7) is 2.63. The number of aryl methyl sites for hydroxylation is 1. The van der Waals surface area contributed by atoms with Crippen molar-refractivity contribution in [2.45, 2.75) is 13.5 Å². The number of imidazole rings is 1. The average molecular weight is 299 g/mol. The number of fused-ring (bicyclic) bond motifs is 1. The van der Waals surface area contributed by atoms with Gasteiger partial charge >= 0.3 is 0 Å². The second-order valence-electron chi connectivity index (χ2n) is 4.95. The van der Waals surface area contributed by atoms with Crippen LogP contribution in [-0.4, -0.2) is 15.4 Å². The van der Waals surface area contributed by atoms with Crippen LogP contribution in [0.2, 0.25) is 5.02 Å². The molecule has 0 saturated carbocycles. The van der Waals surface area contributed by atoms with E-state index in [1.165, 1.54) is 0 Å². The van der Waals surface area contributed by atoms with Gasteiger partial charge < -0.3 is 10.3 Å². The number of nitrogens with one attached hydrogen (secondary N) is 1. The summed E-state index contributed by atoms with van der Waals surface area (Å²) in [4.78, 5) is 4.55. The number of hydrogen-bond donors (Lipinski definition) is 2. The quantitative estimate of drug-likeness (QED) is 0.575. The van der Waals surface area contributed by atoms with Crippen LogP contribution in [0.5, 0.6) is 0 Å². The fraction of sp³-hybridized carbons (Fsp3) is 0.125. The lowest BCUT2D eigenvalue weighted by molar-refractivity contribution is 0.786. The van der Waals surface area contributed by atoms with Gasteiger partial charge in [-0.05, 0) is 30.7 Å². The zero-order valence-electron chi connectivity index (χ0n) is 11.6. The molecule has 2 aromatic carbocycles. The van der Waals surface area contributed by atoms with Crippen molar-refractivity contribution in [1.82, 2.24) is 9.55 Å². The molecular weight excluding hydrogens is 284 g/mol. The summed E-state index contributed by atoms with van der Waals surface area (Å²) in [5, 5.41) is 8.06. The normalized spacial score (nSPS) is 11.0. The van der Waals surface area contributed by atoms with Gasteiger partial charge in [-0.2, -0.15) is 0 Å². The summed E-state index contributed by atoms with van der Waals surface area (Å²) in [5.41, 5.74) is 9.15. The summed E-state index contributed by atoms with van der Waals surface area (Å²) in [5.74, 6) is 0.968. The Hall–Kier alpha value is -2.33. The summed E-state index contributed by atoms with van der Waals surface area (Å²) in [7, 11) is 0. The molecule has 3 N–H and O–H groups in total. The van der Waals surface area contributed by atoms with E-state index in [0.717, 1.165) is 22.4 Å². The highest BCUT2D eigenvalue weighted by atomic mass is 35.5. The molecule has 0 atom stereocenters. The van der Waals surface area contributed by atoms with E-state index in [1.807, 2.05) is 43.3 Å². The zero-order valence-corrected chi connectivity index (χ0v) is 12.4. The molecule has 0 aliphatic heterocycles. The van der Waals surface area contributed by atoms with Crippen molar-refractivity contribution < 1.29 is 0 Å². The third-order valence-electron chi connectivity index (χ3n) is 3.54. The van der Waals surface area contributed by atoms with Gasteiger partial charge in [0.05, 0.1) is 17.6 Å². The number of halogens is 1. The molecule has 0 bridgehead atoms. The summed E-state index contributed by atoms with van der Waals surface area (Å²) < 4.78 is 2.13. The molecule has 0 spiro atoms. The third-order valence-corrected chi connectivity index (χ3v) is 3.89. The van der Waals surface area contributed by atoms with E-state index in [-0.39, 0.29) is 5.84 Å². The molecular formula is C16H15ClN4. The number of nitrogen functional groups attached to an aromatic ring is 1. The van der Waals surface area contributed by atoms with Crippen LogP contribution >= 0.6 is 11.6 Å². The number of rotatable bonds is 3. The molecule has 3 rings (SSSR count). The molecule has 3 aromatic rings. The Kier molecular flexibility index (Phi) is 3.39. The summed E-state index contributed by atoms with van der Waals surface area (Å²) in [6.07, 6.45) is 0. The second-order valence-corrected chi connectivity index (χ2v) is 5.36. The van der Waals surface area contributed by atoms with Gasteiger partial charge in [-0.1, -0.05) is 35.9 Å². The summed E-state index contributed by atoms with van der Waals surface area (Å²) >= 11 is 6.31. The van der Waals surface area contributed by atoms with E-state index in [2.05, 4.69) is 9.55 Å². The van der Waals surface area contributed by atoms with Crippen molar-refractivity contribution in [3.63, 3.8) is 0 Å². The molecule has 0 fully saturated rings. The van der Waals surface area contributed by atoms with E-state index >= 15 is 0 Å². The molecule has 0 radical (unpaired) electrons. The van der Waals surface area contributed by atoms with Gasteiger partial charge in [-0.25, -0.2) is 4.98 Å². The van der Waals surface area contributed by atoms with Crippen LogP contribution in [0, 0.1) is 12.3 Å². The molecule has 0 saturated heterocycles. The molecule has 0 aliphatic carbocycles. The number of aromatic nitrogens is 2. The van der Waals surface area contributed by atoms with E-state index < -0.39 is 0 Å². The van der Waals surface area contributed by atoms with E-state index in [9.17, 15) is 0 Å². The number of nitrogens with two attached hydrogens (primary N) is 1. The summed E-state index contributed by atoms with van der Waals surface area (Å²) in [6, 6.07) is 13.5. The number of para-hydroxylation sites is 2. The maximum Gasteiger partial charge on any atom is 0.122 e. The van der Waals surface area contributed by atoms with Crippen LogP contribution in [0.4, 0.5) is 0 Å². The lowest BCUT2D eigenvalue weighted by Gasteiger charge is -2.10. The molecule has 1 aromatic heterocycles. The van der Waals surface area contributed by atoms with Gasteiger partial charge in [-0.3, -0.25) is 5.41 Å². The van der Waals surface area contributed by atoms with Gasteiger partial charge in [-0.15, -0.1) is 0 Å². The number of hydrogen-bond acceptors (Lipinski definition) is 2. The Bertz CT molecular complexity index is 835. The average Bonchev–Trinajstić information content (AvgIpc) is 2.77. The van der Waals surface area contributed by atoms with E-state index in [0.29, 0.717) is 17.1 Å². The van der Waals surface area contributed by atoms with Crippen LogP contribution < -0.4 is 5.73 Å². The molecule has 0 unspecified atom stereocenters. The molecule has 0 aliphatic rings. The van der Waals surface area contributed by atoms with Crippen LogP contribution in [0.3, 0.4) is 0 Å². The Morgan fingerprint density at radius 1 is 1.29 bits per heavy atom. The minimum Gasteiger partial charge on any atom is -0.384 e. The monoisotopic (exact) mass is 298 g/mol. The van der Waals surface area contributed by atoms with Gasteiger partial charge in [0, 0.05) is 10.6 Å². The van der Waals surface area contributed by atoms with Crippen molar-refractivity contribution in [1.29, 1.82) is 5.41 Å². The first kappa shape index (κ1) is 13.6. The maximum absolute atomic E-state index is 7.44. The van der Waals surface area contributed by atoms with Gasteiger partial charge in [0.15, 0.2) is 0 Å². The highest BCUT2D eigenvalue weighted by Gasteiger charge is 2.10. The first-order valence-corrected chi connectivity index (χ1v) is 6.99. The maximum atomic E-state index is 7.44. The Morgan fingerprint density at radius 2 is 2.05 bits per heavy atom. The van der Waals surface area contributed by atoms with Crippen molar-refractivity contribution >= 4 is 28.5 Å². The SMILES string of the molecule is Cc1nc2ccccc2n1Cc1ccc(C(=N)N)cc1Cl. The fourth-order valence-electron chi connectivity index (χ4n) is 2.41. The van der Waals surface area contributed by atoms with Crippen molar-refractivity contribution in [3.05, 3.63) is 64.4 Å². The molecule has 106 valence electrons. The van der Waals surface area contributed by atoms with Gasteiger partial charge in [0.25, 0.3) is 0 Å². The van der Waals surface area contributed by atoms with Crippen molar-refractivity contribution in [2.75, 3.05) is 0 Å². The van der Waals surface area contributed by atoms with E-state index in [1.54, 1.807) is 6.07 Å². The highest BCUT2D eigenvalue weighted by molar-refractivity contribution is 6.31. The lowest BCUT2D eigenvalue weighted by atomic mass is 10.1. The van der Waals surface area contributed by atoms with E-state index in [4.69, 9.17) is 22.7 Å². The smallest absolute Gasteiger partial charge is 0.122 e. The zero-order chi connectivity index (χ0) is 15.0. The molecule has 1 heterocycles. The van der Waals surface area contributed by atoms with Crippen LogP contribution in [-0.2, 0) is 6.54 Å². The Labute approximate surface area is 127 Å². The van der Waals surface area contributed by atoms with Crippen molar-refractivity contribution in [2.24, 2.45) is 5.73 Å². The highest BCUT2D eigenvalue weighted by Crippen LogP contribution is 2.22. The molecule has 4 nitrogen and oxygen atoms in total. The topological polar surface area (TPSA) is 67.7 Å². The first-order chi connectivity index (χ1) is 10.1. The predicted octanol–water partition coefficient (Wildman–Crippen LogP) is 3.33. The van der Waals surface area contributed by atoms with Crippen LogP contribution in [0.15, 0.2) is 42.5 Å². The minimum atomic E-state index is 0.0210. The van der Waals surface area contributed by atoms with Gasteiger partial charge in [0.1, 0.15) is 11.7 Å².